The molecule has 3 N–H and O–H groups in total. The van der Waals surface area contributed by atoms with Crippen LogP contribution in [0.3, 0.4) is 0 Å². The molecule has 0 radical (unpaired) electrons. The number of rotatable bonds is 4. The van der Waals surface area contributed by atoms with Crippen LogP contribution in [0, 0.1) is 22.4 Å². The van der Waals surface area contributed by atoms with E-state index in [4.69, 9.17) is 15.9 Å². The van der Waals surface area contributed by atoms with Gasteiger partial charge in [0.25, 0.3) is 0 Å². The molecule has 1 aromatic carbocycles. The number of nitrogens with zero attached hydrogens (tertiary/aromatic N) is 2. The summed E-state index contributed by atoms with van der Waals surface area (Å²) in [6, 6.07) is 7.76. The Balaban J connectivity index is 2.34. The fourth-order valence-electron chi connectivity index (χ4n) is 1.63. The van der Waals surface area contributed by atoms with Crippen molar-refractivity contribution >= 4 is 11.5 Å². The molecule has 0 atom stereocenters. The van der Waals surface area contributed by atoms with Crippen molar-refractivity contribution in [1.82, 2.24) is 4.98 Å². The van der Waals surface area contributed by atoms with Crippen LogP contribution in [0.5, 0.6) is 11.5 Å². The predicted octanol–water partition coefficient (Wildman–Crippen LogP) is 2.37. The molecule has 0 aliphatic heterocycles. The summed E-state index contributed by atoms with van der Waals surface area (Å²) in [6.07, 6.45) is 1.37. The van der Waals surface area contributed by atoms with Crippen LogP contribution in [0.4, 0.5) is 5.69 Å². The minimum absolute atomic E-state index is 0.111. The molecule has 2 rings (SSSR count). The number of nitro benzene ring substituents is 1. The molecular weight excluding hydrogens is 260 g/mol. The zero-order chi connectivity index (χ0) is 14.7. The molecule has 20 heavy (non-hydrogen) atoms. The zero-order valence-electron chi connectivity index (χ0n) is 10.7. The summed E-state index contributed by atoms with van der Waals surface area (Å²) in [4.78, 5) is 14.4. The highest BCUT2D eigenvalue weighted by Gasteiger charge is 2.17. The molecule has 2 aromatic rings. The average Bonchev–Trinajstić information content (AvgIpc) is 2.41. The van der Waals surface area contributed by atoms with E-state index >= 15 is 0 Å². The van der Waals surface area contributed by atoms with E-state index in [9.17, 15) is 10.1 Å². The highest BCUT2D eigenvalue weighted by atomic mass is 16.6. The van der Waals surface area contributed by atoms with Gasteiger partial charge < -0.3 is 10.5 Å². The van der Waals surface area contributed by atoms with Gasteiger partial charge in [0.05, 0.1) is 11.1 Å². The number of nitro groups is 1. The number of aromatic nitrogens is 1. The maximum Gasteiger partial charge on any atom is 0.311 e. The van der Waals surface area contributed by atoms with Gasteiger partial charge in [0, 0.05) is 6.07 Å². The Bertz CT molecular complexity index is 668. The molecule has 1 aromatic heterocycles. The molecule has 7 nitrogen and oxygen atoms in total. The summed E-state index contributed by atoms with van der Waals surface area (Å²) in [5, 5.41) is 18.2. The van der Waals surface area contributed by atoms with Gasteiger partial charge in [-0.05, 0) is 24.6 Å². The minimum atomic E-state index is -0.500. The first kappa shape index (κ1) is 13.5. The summed E-state index contributed by atoms with van der Waals surface area (Å²) in [6.45, 7) is 1.72. The van der Waals surface area contributed by atoms with Gasteiger partial charge >= 0.3 is 5.69 Å². The fourth-order valence-corrected chi connectivity index (χ4v) is 1.63. The topological polar surface area (TPSA) is 115 Å². The lowest BCUT2D eigenvalue weighted by molar-refractivity contribution is -0.385. The van der Waals surface area contributed by atoms with E-state index in [1.54, 1.807) is 25.1 Å². The van der Waals surface area contributed by atoms with Crippen molar-refractivity contribution in [2.45, 2.75) is 6.92 Å². The first-order chi connectivity index (χ1) is 9.49. The van der Waals surface area contributed by atoms with Crippen molar-refractivity contribution in [3.05, 3.63) is 57.9 Å². The van der Waals surface area contributed by atoms with Crippen molar-refractivity contribution < 1.29 is 9.66 Å². The molecule has 0 amide bonds. The first-order valence-electron chi connectivity index (χ1n) is 5.71. The van der Waals surface area contributed by atoms with E-state index in [1.165, 1.54) is 18.3 Å². The van der Waals surface area contributed by atoms with Crippen LogP contribution in [0.15, 0.2) is 36.5 Å². The highest BCUT2D eigenvalue weighted by Crippen LogP contribution is 2.33. The van der Waals surface area contributed by atoms with Gasteiger partial charge in [0.1, 0.15) is 17.3 Å². The van der Waals surface area contributed by atoms with Gasteiger partial charge in [-0.3, -0.25) is 15.5 Å². The third kappa shape index (κ3) is 2.72. The number of ether oxygens (including phenoxy) is 1. The second-order valence-corrected chi connectivity index (χ2v) is 4.08. The van der Waals surface area contributed by atoms with Gasteiger partial charge in [-0.25, -0.2) is 4.98 Å². The molecule has 0 aliphatic rings. The van der Waals surface area contributed by atoms with E-state index in [-0.39, 0.29) is 17.3 Å². The fraction of sp³-hybridized carbons (Fsp3) is 0.0769. The Morgan fingerprint density at radius 3 is 2.70 bits per heavy atom. The van der Waals surface area contributed by atoms with E-state index in [2.05, 4.69) is 4.98 Å². The van der Waals surface area contributed by atoms with Gasteiger partial charge in [0.15, 0.2) is 0 Å². The van der Waals surface area contributed by atoms with E-state index in [0.29, 0.717) is 17.0 Å². The molecule has 102 valence electrons. The van der Waals surface area contributed by atoms with Crippen LogP contribution in [0.2, 0.25) is 0 Å². The maximum atomic E-state index is 11.0. The Morgan fingerprint density at radius 1 is 1.40 bits per heavy atom. The summed E-state index contributed by atoms with van der Waals surface area (Å²) < 4.78 is 5.52. The number of benzene rings is 1. The highest BCUT2D eigenvalue weighted by molar-refractivity contribution is 5.92. The SMILES string of the molecule is Cc1cccc([N+](=O)[O-])c1Oc1ccc(C(=N)N)nc1. The van der Waals surface area contributed by atoms with Gasteiger partial charge in [0.2, 0.25) is 5.75 Å². The van der Waals surface area contributed by atoms with Crippen LogP contribution >= 0.6 is 0 Å². The van der Waals surface area contributed by atoms with Crippen LogP contribution < -0.4 is 10.5 Å². The van der Waals surface area contributed by atoms with Crippen molar-refractivity contribution in [2.24, 2.45) is 5.73 Å². The summed E-state index contributed by atoms with van der Waals surface area (Å²) in [5.74, 6) is 0.362. The smallest absolute Gasteiger partial charge is 0.311 e. The second kappa shape index (κ2) is 5.35. The number of amidine groups is 1. The number of nitrogen functional groups attached to an aromatic ring is 1. The minimum Gasteiger partial charge on any atom is -0.448 e. The zero-order valence-corrected chi connectivity index (χ0v) is 10.7. The third-order valence-electron chi connectivity index (χ3n) is 2.62. The summed E-state index contributed by atoms with van der Waals surface area (Å²) in [5.41, 5.74) is 6.15. The molecule has 0 fully saturated rings. The van der Waals surface area contributed by atoms with E-state index in [1.807, 2.05) is 0 Å². The summed E-state index contributed by atoms with van der Waals surface area (Å²) >= 11 is 0. The lowest BCUT2D eigenvalue weighted by atomic mass is 10.2. The maximum absolute atomic E-state index is 11.0. The molecule has 7 heteroatoms. The number of hydrogen-bond acceptors (Lipinski definition) is 5. The Hall–Kier alpha value is -2.96. The quantitative estimate of drug-likeness (QED) is 0.383. The molecule has 1 heterocycles. The van der Waals surface area contributed by atoms with Gasteiger partial charge in [-0.2, -0.15) is 0 Å². The van der Waals surface area contributed by atoms with Crippen molar-refractivity contribution in [1.29, 1.82) is 5.41 Å². The van der Waals surface area contributed by atoms with Crippen molar-refractivity contribution in [2.75, 3.05) is 0 Å². The molecule has 0 aliphatic carbocycles. The first-order valence-corrected chi connectivity index (χ1v) is 5.71. The number of nitrogens with two attached hydrogens (primary N) is 1. The molecule has 0 bridgehead atoms. The molecule has 0 unspecified atom stereocenters. The van der Waals surface area contributed by atoms with E-state index < -0.39 is 4.92 Å². The normalized spacial score (nSPS) is 10.1. The number of para-hydroxylation sites is 1. The molecule has 0 spiro atoms. The Morgan fingerprint density at radius 2 is 2.15 bits per heavy atom. The second-order valence-electron chi connectivity index (χ2n) is 4.08. The third-order valence-corrected chi connectivity index (χ3v) is 2.62. The number of hydrogen-bond donors (Lipinski definition) is 2. The van der Waals surface area contributed by atoms with Crippen LogP contribution in [-0.2, 0) is 0 Å². The Labute approximate surface area is 114 Å². The van der Waals surface area contributed by atoms with Crippen LogP contribution in [0.25, 0.3) is 0 Å². The van der Waals surface area contributed by atoms with Crippen molar-refractivity contribution in [3.8, 4) is 11.5 Å². The lowest BCUT2D eigenvalue weighted by Gasteiger charge is -2.09. The van der Waals surface area contributed by atoms with Crippen molar-refractivity contribution in [3.63, 3.8) is 0 Å². The number of nitrogens with one attached hydrogen (secondary N) is 1. The summed E-state index contributed by atoms with van der Waals surface area (Å²) in [7, 11) is 0. The monoisotopic (exact) mass is 272 g/mol. The molecule has 0 saturated carbocycles. The lowest BCUT2D eigenvalue weighted by Crippen LogP contribution is -2.12. The largest absolute Gasteiger partial charge is 0.448 e. The standard InChI is InChI=1S/C13H12N4O3/c1-8-3-2-4-11(17(18)19)12(8)20-9-5-6-10(13(14)15)16-7-9/h2-7H,1H3,(H3,14,15). The van der Waals surface area contributed by atoms with E-state index in [0.717, 1.165) is 0 Å². The predicted molar refractivity (Wildman–Crippen MR) is 73.2 cm³/mol. The van der Waals surface area contributed by atoms with Gasteiger partial charge in [-0.1, -0.05) is 12.1 Å². The Kier molecular flexibility index (Phi) is 3.60. The number of pyridine rings is 1. The molecule has 0 saturated heterocycles. The molecular formula is C13H12N4O3. The van der Waals surface area contributed by atoms with Crippen LogP contribution in [0.1, 0.15) is 11.3 Å². The number of aryl methyl sites for hydroxylation is 1. The average molecular weight is 272 g/mol. The van der Waals surface area contributed by atoms with Gasteiger partial charge in [-0.15, -0.1) is 0 Å². The van der Waals surface area contributed by atoms with Crippen LogP contribution in [-0.4, -0.2) is 15.7 Å².